The van der Waals surface area contributed by atoms with E-state index in [1.54, 1.807) is 6.07 Å². The van der Waals surface area contributed by atoms with Crippen LogP contribution in [0.15, 0.2) is 59.6 Å². The van der Waals surface area contributed by atoms with Gasteiger partial charge in [-0.05, 0) is 30.2 Å². The summed E-state index contributed by atoms with van der Waals surface area (Å²) in [5.74, 6) is 0.394. The second kappa shape index (κ2) is 7.10. The molecule has 0 radical (unpaired) electrons. The highest BCUT2D eigenvalue weighted by atomic mass is 32.2. The van der Waals surface area contributed by atoms with Gasteiger partial charge in [0, 0.05) is 5.75 Å². The minimum absolute atomic E-state index is 0.0243. The summed E-state index contributed by atoms with van der Waals surface area (Å²) in [6.45, 7) is 2.00. The van der Waals surface area contributed by atoms with Gasteiger partial charge in [0.25, 0.3) is 0 Å². The Morgan fingerprint density at radius 3 is 2.65 bits per heavy atom. The van der Waals surface area contributed by atoms with Crippen molar-refractivity contribution in [2.24, 2.45) is 10.7 Å². The molecule has 0 unspecified atom stereocenters. The van der Waals surface area contributed by atoms with E-state index in [0.717, 1.165) is 11.1 Å². The Bertz CT molecular complexity index is 584. The van der Waals surface area contributed by atoms with Crippen LogP contribution in [-0.2, 0) is 5.75 Å². The van der Waals surface area contributed by atoms with Crippen LogP contribution in [0, 0.1) is 5.82 Å². The molecule has 1 atom stereocenters. The Morgan fingerprint density at radius 2 is 1.95 bits per heavy atom. The maximum absolute atomic E-state index is 13.1. The molecule has 0 amide bonds. The Labute approximate surface area is 122 Å². The molecule has 0 heterocycles. The molecular weight excluding hydrogens is 271 g/mol. The van der Waals surface area contributed by atoms with Crippen LogP contribution in [0.5, 0.6) is 0 Å². The molecular formula is C16H17FN2S. The van der Waals surface area contributed by atoms with Crippen molar-refractivity contribution >= 4 is 16.9 Å². The summed E-state index contributed by atoms with van der Waals surface area (Å²) >= 11 is 1.42. The van der Waals surface area contributed by atoms with Crippen molar-refractivity contribution in [1.29, 1.82) is 0 Å². The molecule has 0 aliphatic heterocycles. The maximum Gasteiger partial charge on any atom is 0.154 e. The van der Waals surface area contributed by atoms with Crippen LogP contribution in [0.4, 0.5) is 4.39 Å². The molecule has 2 rings (SSSR count). The fourth-order valence-corrected chi connectivity index (χ4v) is 2.55. The number of halogens is 1. The molecule has 0 fully saturated rings. The van der Waals surface area contributed by atoms with Crippen LogP contribution in [0.25, 0.3) is 0 Å². The van der Waals surface area contributed by atoms with E-state index in [2.05, 4.69) is 4.99 Å². The van der Waals surface area contributed by atoms with E-state index in [1.807, 2.05) is 43.3 Å². The van der Waals surface area contributed by atoms with Crippen LogP contribution in [0.2, 0.25) is 0 Å². The first-order valence-electron chi connectivity index (χ1n) is 6.40. The monoisotopic (exact) mass is 288 g/mol. The molecule has 104 valence electrons. The fourth-order valence-electron chi connectivity index (χ4n) is 1.82. The van der Waals surface area contributed by atoms with E-state index >= 15 is 0 Å². The molecule has 0 bridgehead atoms. The second-order valence-electron chi connectivity index (χ2n) is 4.47. The Balaban J connectivity index is 1.94. The van der Waals surface area contributed by atoms with E-state index in [0.29, 0.717) is 10.9 Å². The van der Waals surface area contributed by atoms with Gasteiger partial charge in [0.2, 0.25) is 0 Å². The van der Waals surface area contributed by atoms with Crippen molar-refractivity contribution in [1.82, 2.24) is 0 Å². The van der Waals surface area contributed by atoms with Gasteiger partial charge in [0.1, 0.15) is 5.82 Å². The molecule has 0 spiro atoms. The zero-order valence-corrected chi connectivity index (χ0v) is 12.1. The van der Waals surface area contributed by atoms with Crippen molar-refractivity contribution in [3.8, 4) is 0 Å². The average molecular weight is 288 g/mol. The molecule has 0 aromatic heterocycles. The predicted molar refractivity (Wildman–Crippen MR) is 84.2 cm³/mol. The molecule has 2 aromatic carbocycles. The number of rotatable bonds is 4. The molecule has 2 nitrogen and oxygen atoms in total. The van der Waals surface area contributed by atoms with Crippen LogP contribution < -0.4 is 5.73 Å². The van der Waals surface area contributed by atoms with E-state index in [9.17, 15) is 4.39 Å². The third kappa shape index (κ3) is 4.38. The molecule has 2 N–H and O–H groups in total. The molecule has 0 saturated carbocycles. The van der Waals surface area contributed by atoms with E-state index in [-0.39, 0.29) is 11.9 Å². The summed E-state index contributed by atoms with van der Waals surface area (Å²) < 4.78 is 13.1. The number of benzene rings is 2. The van der Waals surface area contributed by atoms with Crippen molar-refractivity contribution in [3.63, 3.8) is 0 Å². The first kappa shape index (κ1) is 14.6. The normalized spacial score (nSPS) is 13.2. The standard InChI is InChI=1S/C16H17FN2S/c1-12(14-7-3-2-4-8-14)19-16(18)20-11-13-6-5-9-15(17)10-13/h2-10,12H,11H2,1H3,(H2,18,19)/t12-/m1/s1. The zero-order valence-electron chi connectivity index (χ0n) is 11.3. The number of amidine groups is 1. The highest BCUT2D eigenvalue weighted by Crippen LogP contribution is 2.19. The largest absolute Gasteiger partial charge is 0.379 e. The number of nitrogens with two attached hydrogens (primary N) is 1. The average Bonchev–Trinajstić information content (AvgIpc) is 2.46. The Kier molecular flexibility index (Phi) is 5.18. The van der Waals surface area contributed by atoms with Crippen LogP contribution in [0.3, 0.4) is 0 Å². The molecule has 0 saturated heterocycles. The molecule has 4 heteroatoms. The van der Waals surface area contributed by atoms with Crippen LogP contribution in [-0.4, -0.2) is 5.17 Å². The molecule has 0 aliphatic rings. The quantitative estimate of drug-likeness (QED) is 0.678. The summed E-state index contributed by atoms with van der Waals surface area (Å²) in [4.78, 5) is 4.45. The lowest BCUT2D eigenvalue weighted by atomic mass is 10.1. The number of aliphatic imine (C=N–C) groups is 1. The SMILES string of the molecule is C[C@@H](N=C(N)SCc1cccc(F)c1)c1ccccc1. The van der Waals surface area contributed by atoms with Gasteiger partial charge in [0.15, 0.2) is 5.17 Å². The topological polar surface area (TPSA) is 38.4 Å². The van der Waals surface area contributed by atoms with Crippen molar-refractivity contribution in [2.75, 3.05) is 0 Å². The Hall–Kier alpha value is -1.81. The third-order valence-electron chi connectivity index (χ3n) is 2.88. The lowest BCUT2D eigenvalue weighted by molar-refractivity contribution is 0.626. The highest BCUT2D eigenvalue weighted by molar-refractivity contribution is 8.13. The summed E-state index contributed by atoms with van der Waals surface area (Å²) in [5, 5.41) is 0.519. The van der Waals surface area contributed by atoms with Crippen molar-refractivity contribution < 1.29 is 4.39 Å². The van der Waals surface area contributed by atoms with Gasteiger partial charge in [-0.1, -0.05) is 54.2 Å². The maximum atomic E-state index is 13.1. The minimum Gasteiger partial charge on any atom is -0.379 e. The van der Waals surface area contributed by atoms with E-state index < -0.39 is 0 Å². The van der Waals surface area contributed by atoms with Crippen molar-refractivity contribution in [3.05, 3.63) is 71.5 Å². The van der Waals surface area contributed by atoms with Gasteiger partial charge in [-0.25, -0.2) is 4.39 Å². The van der Waals surface area contributed by atoms with Gasteiger partial charge in [-0.3, -0.25) is 4.99 Å². The Morgan fingerprint density at radius 1 is 1.20 bits per heavy atom. The van der Waals surface area contributed by atoms with E-state index in [1.165, 1.54) is 23.9 Å². The molecule has 0 aliphatic carbocycles. The van der Waals surface area contributed by atoms with Gasteiger partial charge in [-0.2, -0.15) is 0 Å². The van der Waals surface area contributed by atoms with Crippen molar-refractivity contribution in [2.45, 2.75) is 18.7 Å². The van der Waals surface area contributed by atoms with Gasteiger partial charge < -0.3 is 5.73 Å². The molecule has 20 heavy (non-hydrogen) atoms. The van der Waals surface area contributed by atoms with Gasteiger partial charge in [0.05, 0.1) is 6.04 Å². The third-order valence-corrected chi connectivity index (χ3v) is 3.76. The van der Waals surface area contributed by atoms with E-state index in [4.69, 9.17) is 5.73 Å². The number of hydrogen-bond donors (Lipinski definition) is 1. The smallest absolute Gasteiger partial charge is 0.154 e. The predicted octanol–water partition coefficient (Wildman–Crippen LogP) is 4.13. The minimum atomic E-state index is -0.226. The lowest BCUT2D eigenvalue weighted by Crippen LogP contribution is -2.09. The first-order valence-corrected chi connectivity index (χ1v) is 7.39. The van der Waals surface area contributed by atoms with Crippen LogP contribution >= 0.6 is 11.8 Å². The number of hydrogen-bond acceptors (Lipinski definition) is 2. The summed E-state index contributed by atoms with van der Waals surface area (Å²) in [5.41, 5.74) is 7.95. The lowest BCUT2D eigenvalue weighted by Gasteiger charge is -2.08. The summed E-state index contributed by atoms with van der Waals surface area (Å²) in [7, 11) is 0. The first-order chi connectivity index (χ1) is 9.65. The van der Waals surface area contributed by atoms with Gasteiger partial charge >= 0.3 is 0 Å². The molecule has 2 aromatic rings. The van der Waals surface area contributed by atoms with Gasteiger partial charge in [-0.15, -0.1) is 0 Å². The zero-order chi connectivity index (χ0) is 14.4. The second-order valence-corrected chi connectivity index (χ2v) is 5.47. The fraction of sp³-hybridized carbons (Fsp3) is 0.188. The number of nitrogens with zero attached hydrogens (tertiary/aromatic N) is 1. The summed E-state index contributed by atoms with van der Waals surface area (Å²) in [6, 6.07) is 16.5. The number of thioether (sulfide) groups is 1. The summed E-state index contributed by atoms with van der Waals surface area (Å²) in [6.07, 6.45) is 0. The van der Waals surface area contributed by atoms with Crippen LogP contribution in [0.1, 0.15) is 24.1 Å². The highest BCUT2D eigenvalue weighted by Gasteiger charge is 2.04.